The van der Waals surface area contributed by atoms with E-state index in [4.69, 9.17) is 0 Å². The molecule has 1 aliphatic heterocycles. The number of nitrogens with zero attached hydrogens (tertiary/aromatic N) is 2. The smallest absolute Gasteiger partial charge is 0.220 e. The number of aryl methyl sites for hydroxylation is 1. The lowest BCUT2D eigenvalue weighted by atomic mass is 9.87. The monoisotopic (exact) mass is 516 g/mol. The molecule has 1 saturated heterocycles. The van der Waals surface area contributed by atoms with Crippen molar-refractivity contribution in [2.45, 2.75) is 51.0 Å². The van der Waals surface area contributed by atoms with Crippen LogP contribution in [-0.2, 0) is 11.2 Å². The van der Waals surface area contributed by atoms with Crippen LogP contribution >= 0.6 is 0 Å². The predicted molar refractivity (Wildman–Crippen MR) is 149 cm³/mol. The number of piperazine rings is 1. The Morgan fingerprint density at radius 1 is 0.811 bits per heavy atom. The first kappa shape index (κ1) is 27.2. The number of nitrogens with one attached hydrogen (secondary N) is 1. The Morgan fingerprint density at radius 3 is 2.38 bits per heavy atom. The molecule has 3 aromatic carbocycles. The summed E-state index contributed by atoms with van der Waals surface area (Å²) < 4.78 is 0. The number of hydrogen-bond donors (Lipinski definition) is 1. The Morgan fingerprint density at radius 2 is 1.54 bits per heavy atom. The van der Waals surface area contributed by atoms with Crippen molar-refractivity contribution in [3.63, 3.8) is 0 Å². The minimum Gasteiger partial charge on any atom is -1.00 e. The van der Waals surface area contributed by atoms with E-state index in [1.165, 1.54) is 34.4 Å². The zero-order valence-corrected chi connectivity index (χ0v) is 22.5. The minimum absolute atomic E-state index is 0. The van der Waals surface area contributed by atoms with Crippen LogP contribution in [0.3, 0.4) is 0 Å². The van der Waals surface area contributed by atoms with Gasteiger partial charge < -0.3 is 22.6 Å². The second-order valence-electron chi connectivity index (χ2n) is 10.2. The maximum Gasteiger partial charge on any atom is 0.220 e. The summed E-state index contributed by atoms with van der Waals surface area (Å²) in [5.74, 6) is 0.211. The summed E-state index contributed by atoms with van der Waals surface area (Å²) in [6.07, 6.45) is 7.26. The number of para-hydroxylation sites is 1. The highest BCUT2D eigenvalue weighted by Gasteiger charge is 2.21. The van der Waals surface area contributed by atoms with E-state index in [0.29, 0.717) is 6.42 Å². The average molecular weight is 517 g/mol. The molecule has 3 aromatic rings. The fourth-order valence-electron chi connectivity index (χ4n) is 5.79. The summed E-state index contributed by atoms with van der Waals surface area (Å²) in [7, 11) is 0. The van der Waals surface area contributed by atoms with Crippen molar-refractivity contribution in [2.75, 3.05) is 37.6 Å². The Kier molecular flexibility index (Phi) is 10.0. The van der Waals surface area contributed by atoms with Crippen LogP contribution in [0.4, 0.5) is 5.69 Å². The number of hydrogen-bond acceptors (Lipinski definition) is 3. The number of carbonyl (C=O) groups is 1. The van der Waals surface area contributed by atoms with Gasteiger partial charge in [0, 0.05) is 43.9 Å². The van der Waals surface area contributed by atoms with Gasteiger partial charge in [0.05, 0.1) is 6.04 Å². The van der Waals surface area contributed by atoms with Gasteiger partial charge in [-0.25, -0.2) is 0 Å². The van der Waals surface area contributed by atoms with Gasteiger partial charge in [0.15, 0.2) is 0 Å². The van der Waals surface area contributed by atoms with Crippen LogP contribution in [0.5, 0.6) is 0 Å². The molecular weight excluding hydrogens is 478 g/mol. The molecular formula is C32H39ClN3O-. The molecule has 196 valence electrons. The number of amides is 1. The van der Waals surface area contributed by atoms with Gasteiger partial charge in [-0.05, 0) is 61.4 Å². The van der Waals surface area contributed by atoms with Crippen LogP contribution in [0, 0.1) is 0 Å². The third-order valence-corrected chi connectivity index (χ3v) is 7.78. The molecule has 5 rings (SSSR count). The number of carbonyl (C=O) groups excluding carboxylic acids is 1. The number of halogens is 1. The lowest BCUT2D eigenvalue weighted by Crippen LogP contribution is -3.00. The zero-order chi connectivity index (χ0) is 24.6. The van der Waals surface area contributed by atoms with Gasteiger partial charge in [0.2, 0.25) is 5.91 Å². The van der Waals surface area contributed by atoms with Crippen molar-refractivity contribution in [2.24, 2.45) is 0 Å². The second-order valence-corrected chi connectivity index (χ2v) is 10.2. The van der Waals surface area contributed by atoms with Crippen LogP contribution in [0.15, 0.2) is 78.9 Å². The number of anilines is 1. The Labute approximate surface area is 228 Å². The molecule has 0 spiro atoms. The van der Waals surface area contributed by atoms with E-state index in [9.17, 15) is 4.79 Å². The van der Waals surface area contributed by atoms with E-state index in [-0.39, 0.29) is 24.4 Å². The van der Waals surface area contributed by atoms with Crippen molar-refractivity contribution < 1.29 is 17.2 Å². The van der Waals surface area contributed by atoms with Crippen LogP contribution in [0.2, 0.25) is 0 Å². The number of benzene rings is 3. The summed E-state index contributed by atoms with van der Waals surface area (Å²) in [5, 5.41) is 3.30. The van der Waals surface area contributed by atoms with Gasteiger partial charge >= 0.3 is 0 Å². The first-order chi connectivity index (χ1) is 17.8. The van der Waals surface area contributed by atoms with Crippen molar-refractivity contribution in [1.82, 2.24) is 10.2 Å². The summed E-state index contributed by atoms with van der Waals surface area (Å²) in [6, 6.07) is 28.3. The highest BCUT2D eigenvalue weighted by Crippen LogP contribution is 2.31. The number of unbranched alkanes of at least 4 members (excludes halogenated alkanes) is 2. The molecule has 1 unspecified atom stereocenters. The zero-order valence-electron chi connectivity index (χ0n) is 21.7. The predicted octanol–water partition coefficient (Wildman–Crippen LogP) is 3.23. The lowest BCUT2D eigenvalue weighted by Gasteiger charge is -2.37. The molecule has 5 heteroatoms. The molecule has 0 bridgehead atoms. The second kappa shape index (κ2) is 13.6. The molecule has 1 atom stereocenters. The summed E-state index contributed by atoms with van der Waals surface area (Å²) >= 11 is 0. The Balaban J connectivity index is 0.00000320. The van der Waals surface area contributed by atoms with Crippen molar-refractivity contribution >= 4 is 11.6 Å². The number of rotatable bonds is 9. The van der Waals surface area contributed by atoms with E-state index in [2.05, 4.69) is 94.0 Å². The molecule has 1 N–H and O–H groups in total. The standard InChI is InChI=1S/C32H39N3O.ClH/c36-32(33-30-18-11-15-26-14-6-7-16-28(26)30)20-5-2-10-21-34-22-24-35(25-23-34)31-19-9-8-17-29(31)27-12-3-1-4-13-27;/h1,3-4,6-9,12-14,16-17,19,30H,2,5,10-11,15,18,20-25H2,(H,33,36);1H/p-1. The van der Waals surface area contributed by atoms with E-state index >= 15 is 0 Å². The highest BCUT2D eigenvalue weighted by molar-refractivity contribution is 5.78. The van der Waals surface area contributed by atoms with Gasteiger partial charge in [-0.15, -0.1) is 0 Å². The molecule has 0 saturated carbocycles. The molecule has 1 aliphatic carbocycles. The fraction of sp³-hybridized carbons (Fsp3) is 0.406. The minimum atomic E-state index is 0. The van der Waals surface area contributed by atoms with Crippen molar-refractivity contribution in [3.05, 3.63) is 90.0 Å². The molecule has 37 heavy (non-hydrogen) atoms. The van der Waals surface area contributed by atoms with Gasteiger partial charge in [-0.2, -0.15) is 0 Å². The van der Waals surface area contributed by atoms with Gasteiger partial charge in [0.1, 0.15) is 0 Å². The van der Waals surface area contributed by atoms with Crippen LogP contribution in [0.1, 0.15) is 55.7 Å². The lowest BCUT2D eigenvalue weighted by molar-refractivity contribution is -0.122. The van der Waals surface area contributed by atoms with Gasteiger partial charge in [-0.3, -0.25) is 9.69 Å². The van der Waals surface area contributed by atoms with E-state index in [1.54, 1.807) is 0 Å². The van der Waals surface area contributed by atoms with E-state index < -0.39 is 0 Å². The highest BCUT2D eigenvalue weighted by atomic mass is 35.5. The van der Waals surface area contributed by atoms with Crippen LogP contribution in [-0.4, -0.2) is 43.5 Å². The first-order valence-corrected chi connectivity index (χ1v) is 13.8. The molecule has 4 nitrogen and oxygen atoms in total. The largest absolute Gasteiger partial charge is 1.00 e. The SMILES string of the molecule is O=C(CCCCCN1CCN(c2ccccc2-c2ccccc2)CC1)NC1CCCc2ccccc21.[Cl-]. The Bertz CT molecular complexity index is 1130. The Hall–Kier alpha value is -2.82. The molecule has 2 aliphatic rings. The first-order valence-electron chi connectivity index (χ1n) is 13.8. The average Bonchev–Trinajstić information content (AvgIpc) is 2.94. The van der Waals surface area contributed by atoms with Gasteiger partial charge in [0.25, 0.3) is 0 Å². The van der Waals surface area contributed by atoms with Crippen molar-refractivity contribution in [1.29, 1.82) is 0 Å². The van der Waals surface area contributed by atoms with E-state index in [0.717, 1.165) is 64.8 Å². The van der Waals surface area contributed by atoms with Gasteiger partial charge in [-0.1, -0.05) is 79.2 Å². The topological polar surface area (TPSA) is 35.6 Å². The van der Waals surface area contributed by atoms with E-state index in [1.807, 2.05) is 0 Å². The summed E-state index contributed by atoms with van der Waals surface area (Å²) in [6.45, 7) is 5.46. The fourth-order valence-corrected chi connectivity index (χ4v) is 5.79. The summed E-state index contributed by atoms with van der Waals surface area (Å²) in [5.41, 5.74) is 6.67. The molecule has 1 fully saturated rings. The maximum atomic E-state index is 12.6. The van der Waals surface area contributed by atoms with Crippen LogP contribution in [0.25, 0.3) is 11.1 Å². The molecule has 1 amide bonds. The maximum absolute atomic E-state index is 12.6. The van der Waals surface area contributed by atoms with Crippen LogP contribution < -0.4 is 22.6 Å². The summed E-state index contributed by atoms with van der Waals surface area (Å²) in [4.78, 5) is 17.7. The molecule has 1 heterocycles. The van der Waals surface area contributed by atoms with Crippen molar-refractivity contribution in [3.8, 4) is 11.1 Å². The normalized spacial score (nSPS) is 17.5. The third kappa shape index (κ3) is 7.15. The quantitative estimate of drug-likeness (QED) is 0.444. The molecule has 0 radical (unpaired) electrons. The number of fused-ring (bicyclic) bond motifs is 1. The molecule has 0 aromatic heterocycles. The third-order valence-electron chi connectivity index (χ3n) is 7.78.